The minimum Gasteiger partial charge on any atom is -0.316 e. The summed E-state index contributed by atoms with van der Waals surface area (Å²) in [5, 5.41) is 4.10. The van der Waals surface area contributed by atoms with Gasteiger partial charge in [0.1, 0.15) is 0 Å². The van der Waals surface area contributed by atoms with Crippen LogP contribution in [0.25, 0.3) is 0 Å². The summed E-state index contributed by atoms with van der Waals surface area (Å²) in [7, 11) is 0. The third kappa shape index (κ3) is 3.76. The average Bonchev–Trinajstić information content (AvgIpc) is 2.57. The first-order chi connectivity index (χ1) is 10.7. The van der Waals surface area contributed by atoms with E-state index in [1.807, 2.05) is 0 Å². The minimum absolute atomic E-state index is 0.128. The van der Waals surface area contributed by atoms with Crippen molar-refractivity contribution in [1.82, 2.24) is 5.32 Å². The molecule has 114 valence electrons. The van der Waals surface area contributed by atoms with Gasteiger partial charge in [-0.25, -0.2) is 0 Å². The Bertz CT molecular complexity index is 627. The normalized spacial score (nSPS) is 18.1. The quantitative estimate of drug-likeness (QED) is 0.856. The molecule has 2 aromatic rings. The second-order valence-corrected chi connectivity index (χ2v) is 6.33. The van der Waals surface area contributed by atoms with Crippen LogP contribution in [0, 0.1) is 0 Å². The van der Waals surface area contributed by atoms with Gasteiger partial charge >= 0.3 is 0 Å². The number of benzene rings is 2. The average molecular weight is 314 g/mol. The number of rotatable bonds is 4. The highest BCUT2D eigenvalue weighted by Gasteiger charge is 2.15. The maximum atomic E-state index is 12.3. The first-order valence-electron chi connectivity index (χ1n) is 7.81. The maximum Gasteiger partial charge on any atom is 0.167 e. The van der Waals surface area contributed by atoms with Gasteiger partial charge < -0.3 is 5.32 Å². The van der Waals surface area contributed by atoms with Crippen LogP contribution in [0.5, 0.6) is 0 Å². The van der Waals surface area contributed by atoms with Crippen LogP contribution in [0.2, 0.25) is 5.02 Å². The molecule has 0 aliphatic carbocycles. The molecule has 1 heterocycles. The van der Waals surface area contributed by atoms with E-state index in [9.17, 15) is 4.79 Å². The molecular formula is C19H20ClNO. The lowest BCUT2D eigenvalue weighted by molar-refractivity contribution is 0.0993. The second kappa shape index (κ2) is 7.08. The molecule has 3 rings (SSSR count). The fraction of sp³-hybridized carbons (Fsp3) is 0.316. The number of carbonyl (C=O) groups is 1. The molecule has 0 bridgehead atoms. The lowest BCUT2D eigenvalue weighted by Crippen LogP contribution is -2.28. The van der Waals surface area contributed by atoms with E-state index in [0.717, 1.165) is 18.7 Å². The van der Waals surface area contributed by atoms with Crippen LogP contribution in [0.4, 0.5) is 0 Å². The van der Waals surface area contributed by atoms with Gasteiger partial charge in [-0.2, -0.15) is 0 Å². The van der Waals surface area contributed by atoms with E-state index in [-0.39, 0.29) is 5.78 Å². The topological polar surface area (TPSA) is 29.1 Å². The molecule has 0 radical (unpaired) electrons. The highest BCUT2D eigenvalue weighted by Crippen LogP contribution is 2.23. The highest BCUT2D eigenvalue weighted by atomic mass is 35.5. The van der Waals surface area contributed by atoms with Gasteiger partial charge in [-0.05, 0) is 60.7 Å². The van der Waals surface area contributed by atoms with Crippen LogP contribution >= 0.6 is 11.6 Å². The summed E-state index contributed by atoms with van der Waals surface area (Å²) in [6.07, 6.45) is 2.92. The molecule has 2 nitrogen and oxygen atoms in total. The van der Waals surface area contributed by atoms with Crippen LogP contribution in [0.3, 0.4) is 0 Å². The Morgan fingerprint density at radius 2 is 1.82 bits per heavy atom. The van der Waals surface area contributed by atoms with E-state index in [2.05, 4.69) is 29.6 Å². The van der Waals surface area contributed by atoms with Crippen molar-refractivity contribution in [2.24, 2.45) is 0 Å². The molecule has 1 saturated heterocycles. The van der Waals surface area contributed by atoms with Crippen molar-refractivity contribution in [1.29, 1.82) is 0 Å². The van der Waals surface area contributed by atoms with E-state index in [1.54, 1.807) is 24.3 Å². The minimum atomic E-state index is 0.128. The van der Waals surface area contributed by atoms with Crippen LogP contribution in [0.1, 0.15) is 40.2 Å². The van der Waals surface area contributed by atoms with E-state index in [1.165, 1.54) is 18.4 Å². The molecular weight excluding hydrogens is 294 g/mol. The fourth-order valence-corrected chi connectivity index (χ4v) is 3.09. The summed E-state index contributed by atoms with van der Waals surface area (Å²) in [4.78, 5) is 12.3. The number of carbonyl (C=O) groups excluding carboxylic acids is 1. The molecule has 0 aromatic heterocycles. The van der Waals surface area contributed by atoms with Crippen molar-refractivity contribution in [2.45, 2.75) is 25.2 Å². The summed E-state index contributed by atoms with van der Waals surface area (Å²) >= 11 is 5.85. The number of Topliss-reactive ketones (excluding diaryl/α,β-unsaturated/α-hetero) is 1. The summed E-state index contributed by atoms with van der Waals surface area (Å²) in [6, 6.07) is 15.6. The predicted octanol–water partition coefficient (Wildman–Crippen LogP) is 4.23. The highest BCUT2D eigenvalue weighted by molar-refractivity contribution is 6.30. The first-order valence-corrected chi connectivity index (χ1v) is 8.18. The van der Waals surface area contributed by atoms with Gasteiger partial charge in [0.05, 0.1) is 0 Å². The van der Waals surface area contributed by atoms with Crippen LogP contribution in [-0.4, -0.2) is 18.9 Å². The van der Waals surface area contributed by atoms with Crippen LogP contribution in [-0.2, 0) is 6.42 Å². The molecule has 1 atom stereocenters. The van der Waals surface area contributed by atoms with Gasteiger partial charge in [-0.3, -0.25) is 4.79 Å². The number of hydrogen-bond acceptors (Lipinski definition) is 2. The number of piperidine rings is 1. The Balaban J connectivity index is 1.65. The monoisotopic (exact) mass is 313 g/mol. The molecule has 0 spiro atoms. The summed E-state index contributed by atoms with van der Waals surface area (Å²) < 4.78 is 0. The van der Waals surface area contributed by atoms with E-state index in [4.69, 9.17) is 11.6 Å². The molecule has 0 saturated carbocycles. The summed E-state index contributed by atoms with van der Waals surface area (Å²) in [5.41, 5.74) is 3.15. The number of nitrogens with one attached hydrogen (secondary N) is 1. The fourth-order valence-electron chi connectivity index (χ4n) is 2.97. The third-order valence-corrected chi connectivity index (χ3v) is 4.53. The second-order valence-electron chi connectivity index (χ2n) is 5.89. The third-order valence-electron chi connectivity index (χ3n) is 4.28. The molecule has 0 unspecified atom stereocenters. The Morgan fingerprint density at radius 1 is 1.09 bits per heavy atom. The first kappa shape index (κ1) is 15.3. The van der Waals surface area contributed by atoms with Crippen LogP contribution < -0.4 is 5.32 Å². The van der Waals surface area contributed by atoms with E-state index in [0.29, 0.717) is 22.9 Å². The number of hydrogen-bond donors (Lipinski definition) is 1. The Kier molecular flexibility index (Phi) is 4.91. The van der Waals surface area contributed by atoms with Crippen molar-refractivity contribution in [3.63, 3.8) is 0 Å². The standard InChI is InChI=1S/C19H20ClNO/c20-18-9-7-16(8-10-18)19(22)12-14-3-5-15(6-4-14)17-2-1-11-21-13-17/h3-10,17,21H,1-2,11-13H2/t17-/m1/s1. The molecule has 0 amide bonds. The molecule has 1 aliphatic heterocycles. The number of ketones is 1. The zero-order valence-electron chi connectivity index (χ0n) is 12.5. The van der Waals surface area contributed by atoms with Crippen LogP contribution in [0.15, 0.2) is 48.5 Å². The maximum absolute atomic E-state index is 12.3. The largest absolute Gasteiger partial charge is 0.316 e. The van der Waals surface area contributed by atoms with E-state index < -0.39 is 0 Å². The Hall–Kier alpha value is -1.64. The lowest BCUT2D eigenvalue weighted by Gasteiger charge is -2.23. The molecule has 1 fully saturated rings. The van der Waals surface area contributed by atoms with Gasteiger partial charge in [0.15, 0.2) is 5.78 Å². The molecule has 3 heteroatoms. The molecule has 1 aliphatic rings. The Morgan fingerprint density at radius 3 is 2.45 bits per heavy atom. The van der Waals surface area contributed by atoms with Crippen molar-refractivity contribution < 1.29 is 4.79 Å². The molecule has 2 aromatic carbocycles. The van der Waals surface area contributed by atoms with Crippen molar-refractivity contribution in [2.75, 3.05) is 13.1 Å². The summed E-state index contributed by atoms with van der Waals surface area (Å²) in [5.74, 6) is 0.735. The van der Waals surface area contributed by atoms with E-state index >= 15 is 0 Å². The molecule has 1 N–H and O–H groups in total. The summed E-state index contributed by atoms with van der Waals surface area (Å²) in [6.45, 7) is 2.19. The van der Waals surface area contributed by atoms with Gasteiger partial charge in [0, 0.05) is 23.6 Å². The smallest absolute Gasteiger partial charge is 0.167 e. The SMILES string of the molecule is O=C(Cc1ccc([C@@H]2CCCNC2)cc1)c1ccc(Cl)cc1. The predicted molar refractivity (Wildman–Crippen MR) is 90.8 cm³/mol. The van der Waals surface area contributed by atoms with Gasteiger partial charge in [-0.15, -0.1) is 0 Å². The zero-order valence-corrected chi connectivity index (χ0v) is 13.3. The Labute approximate surface area is 136 Å². The van der Waals surface area contributed by atoms with Crippen molar-refractivity contribution >= 4 is 17.4 Å². The van der Waals surface area contributed by atoms with Crippen molar-refractivity contribution in [3.05, 3.63) is 70.2 Å². The zero-order chi connectivity index (χ0) is 15.4. The molecule has 22 heavy (non-hydrogen) atoms. The van der Waals surface area contributed by atoms with Gasteiger partial charge in [0.25, 0.3) is 0 Å². The number of halogens is 1. The van der Waals surface area contributed by atoms with Crippen molar-refractivity contribution in [3.8, 4) is 0 Å². The van der Waals surface area contributed by atoms with Gasteiger partial charge in [-0.1, -0.05) is 35.9 Å². The lowest BCUT2D eigenvalue weighted by atomic mass is 9.90. The van der Waals surface area contributed by atoms with Gasteiger partial charge in [0.2, 0.25) is 0 Å².